The number of benzene rings is 2. The van der Waals surface area contributed by atoms with Gasteiger partial charge < -0.3 is 5.32 Å². The first kappa shape index (κ1) is 14.0. The maximum absolute atomic E-state index is 13.4. The monoisotopic (exact) mass is 287 g/mol. The van der Waals surface area contributed by atoms with Gasteiger partial charge in [0.15, 0.2) is 17.5 Å². The lowest BCUT2D eigenvalue weighted by Crippen LogP contribution is -2.16. The van der Waals surface area contributed by atoms with E-state index in [0.29, 0.717) is 18.2 Å². The molecule has 0 aliphatic carbocycles. The van der Waals surface area contributed by atoms with E-state index >= 15 is 0 Å². The molecule has 2 aromatic rings. The first-order valence-electron chi connectivity index (χ1n) is 5.30. The molecule has 2 rings (SSSR count). The molecule has 1 N–H and O–H groups in total. The minimum absolute atomic E-state index is 0.542. The smallest absolute Gasteiger partial charge is 0.258 e. The van der Waals surface area contributed by atoms with E-state index in [1.54, 1.807) is 0 Å². The second kappa shape index (κ2) is 5.28. The molecule has 0 aromatic heterocycles. The molecular weight excluding hydrogens is 281 g/mol. The van der Waals surface area contributed by atoms with Crippen molar-refractivity contribution >= 4 is 11.6 Å². The predicted octanol–water partition coefficient (Wildman–Crippen LogP) is 3.63. The SMILES string of the molecule is O=C(Nc1cc(F)ccc1F)c1ccc(F)c(F)c1F. The summed E-state index contributed by atoms with van der Waals surface area (Å²) in [5, 5.41) is 1.87. The van der Waals surface area contributed by atoms with Crippen LogP contribution in [0.3, 0.4) is 0 Å². The van der Waals surface area contributed by atoms with E-state index in [9.17, 15) is 26.7 Å². The van der Waals surface area contributed by atoms with Crippen LogP contribution in [-0.2, 0) is 0 Å². The highest BCUT2D eigenvalue weighted by Gasteiger charge is 2.19. The second-order valence-corrected chi connectivity index (χ2v) is 3.80. The summed E-state index contributed by atoms with van der Waals surface area (Å²) in [6, 6.07) is 3.50. The molecule has 104 valence electrons. The number of rotatable bonds is 2. The molecule has 0 radical (unpaired) electrons. The minimum atomic E-state index is -1.82. The molecule has 0 saturated carbocycles. The largest absolute Gasteiger partial charge is 0.319 e. The zero-order valence-electron chi connectivity index (χ0n) is 9.68. The van der Waals surface area contributed by atoms with Crippen LogP contribution in [0, 0.1) is 29.1 Å². The summed E-state index contributed by atoms with van der Waals surface area (Å²) in [4.78, 5) is 11.6. The maximum atomic E-state index is 13.4. The molecule has 0 saturated heterocycles. The van der Waals surface area contributed by atoms with Crippen LogP contribution in [0.15, 0.2) is 30.3 Å². The van der Waals surface area contributed by atoms with Crippen molar-refractivity contribution in [2.24, 2.45) is 0 Å². The fourth-order valence-corrected chi connectivity index (χ4v) is 1.48. The van der Waals surface area contributed by atoms with Gasteiger partial charge in [-0.1, -0.05) is 0 Å². The normalized spacial score (nSPS) is 10.4. The van der Waals surface area contributed by atoms with Crippen LogP contribution >= 0.6 is 0 Å². The van der Waals surface area contributed by atoms with Crippen LogP contribution in [0.5, 0.6) is 0 Å². The number of carbonyl (C=O) groups excluding carboxylic acids is 1. The van der Waals surface area contributed by atoms with Gasteiger partial charge in [-0.25, -0.2) is 22.0 Å². The third-order valence-electron chi connectivity index (χ3n) is 2.46. The fraction of sp³-hybridized carbons (Fsp3) is 0. The number of hydrogen-bond acceptors (Lipinski definition) is 1. The lowest BCUT2D eigenvalue weighted by Gasteiger charge is -2.08. The van der Waals surface area contributed by atoms with Gasteiger partial charge >= 0.3 is 0 Å². The van der Waals surface area contributed by atoms with Crippen LogP contribution in [0.25, 0.3) is 0 Å². The molecule has 0 unspecified atom stereocenters. The van der Waals surface area contributed by atoms with E-state index in [1.165, 1.54) is 0 Å². The second-order valence-electron chi connectivity index (χ2n) is 3.80. The zero-order valence-corrected chi connectivity index (χ0v) is 9.68. The van der Waals surface area contributed by atoms with Crippen LogP contribution in [-0.4, -0.2) is 5.91 Å². The van der Waals surface area contributed by atoms with Crippen molar-refractivity contribution < 1.29 is 26.7 Å². The quantitative estimate of drug-likeness (QED) is 0.663. The predicted molar refractivity (Wildman–Crippen MR) is 60.6 cm³/mol. The average molecular weight is 287 g/mol. The zero-order chi connectivity index (χ0) is 14.9. The Morgan fingerprint density at radius 2 is 1.50 bits per heavy atom. The standard InChI is InChI=1S/C13H6F5NO/c14-6-1-3-8(15)10(5-6)19-13(20)7-2-4-9(16)12(18)11(7)17/h1-5H,(H,19,20). The molecule has 0 fully saturated rings. The molecule has 1 amide bonds. The van der Waals surface area contributed by atoms with E-state index < -0.39 is 46.2 Å². The third-order valence-corrected chi connectivity index (χ3v) is 2.46. The highest BCUT2D eigenvalue weighted by atomic mass is 19.2. The molecule has 0 heterocycles. The number of halogens is 5. The molecule has 0 atom stereocenters. The molecule has 20 heavy (non-hydrogen) atoms. The lowest BCUT2D eigenvalue weighted by atomic mass is 10.1. The molecule has 0 aliphatic rings. The summed E-state index contributed by atoms with van der Waals surface area (Å²) in [6.45, 7) is 0. The van der Waals surface area contributed by atoms with Gasteiger partial charge in [0.2, 0.25) is 0 Å². The van der Waals surface area contributed by atoms with Crippen molar-refractivity contribution in [1.29, 1.82) is 0 Å². The Morgan fingerprint density at radius 3 is 2.20 bits per heavy atom. The highest BCUT2D eigenvalue weighted by molar-refractivity contribution is 6.04. The van der Waals surface area contributed by atoms with Crippen molar-refractivity contribution in [3.8, 4) is 0 Å². The van der Waals surface area contributed by atoms with E-state index in [0.717, 1.165) is 12.1 Å². The van der Waals surface area contributed by atoms with Crippen LogP contribution < -0.4 is 5.32 Å². The van der Waals surface area contributed by atoms with Crippen molar-refractivity contribution in [1.82, 2.24) is 0 Å². The Morgan fingerprint density at radius 1 is 0.850 bits per heavy atom. The topological polar surface area (TPSA) is 29.1 Å². The Labute approximate surface area is 109 Å². The first-order chi connectivity index (χ1) is 9.40. The van der Waals surface area contributed by atoms with Gasteiger partial charge in [-0.05, 0) is 24.3 Å². The van der Waals surface area contributed by atoms with Gasteiger partial charge in [-0.3, -0.25) is 4.79 Å². The molecule has 0 spiro atoms. The number of hydrogen-bond donors (Lipinski definition) is 1. The number of carbonyl (C=O) groups is 1. The number of nitrogens with one attached hydrogen (secondary N) is 1. The summed E-state index contributed by atoms with van der Waals surface area (Å²) in [5.41, 5.74) is -1.37. The van der Waals surface area contributed by atoms with Crippen molar-refractivity contribution in [2.45, 2.75) is 0 Å². The van der Waals surface area contributed by atoms with Gasteiger partial charge in [-0.15, -0.1) is 0 Å². The van der Waals surface area contributed by atoms with E-state index in [2.05, 4.69) is 0 Å². The average Bonchev–Trinajstić information content (AvgIpc) is 2.40. The molecule has 2 nitrogen and oxygen atoms in total. The van der Waals surface area contributed by atoms with E-state index in [4.69, 9.17) is 0 Å². The van der Waals surface area contributed by atoms with Crippen molar-refractivity contribution in [3.05, 3.63) is 65.0 Å². The molecular formula is C13H6F5NO. The van der Waals surface area contributed by atoms with Gasteiger partial charge in [0.05, 0.1) is 11.3 Å². The minimum Gasteiger partial charge on any atom is -0.319 e. The maximum Gasteiger partial charge on any atom is 0.258 e. The summed E-state index contributed by atoms with van der Waals surface area (Å²) < 4.78 is 65.2. The number of amides is 1. The third kappa shape index (κ3) is 2.61. The Hall–Kier alpha value is -2.44. The van der Waals surface area contributed by atoms with Crippen molar-refractivity contribution in [3.63, 3.8) is 0 Å². The summed E-state index contributed by atoms with van der Waals surface area (Å²) in [7, 11) is 0. The first-order valence-corrected chi connectivity index (χ1v) is 5.30. The molecule has 7 heteroatoms. The molecule has 0 bridgehead atoms. The Balaban J connectivity index is 2.33. The van der Waals surface area contributed by atoms with Crippen LogP contribution in [0.4, 0.5) is 27.6 Å². The van der Waals surface area contributed by atoms with Gasteiger partial charge in [-0.2, -0.15) is 0 Å². The van der Waals surface area contributed by atoms with Gasteiger partial charge in [0, 0.05) is 6.07 Å². The van der Waals surface area contributed by atoms with E-state index in [-0.39, 0.29) is 0 Å². The number of anilines is 1. The Bertz CT molecular complexity index is 687. The lowest BCUT2D eigenvalue weighted by molar-refractivity contribution is 0.102. The fourth-order valence-electron chi connectivity index (χ4n) is 1.48. The van der Waals surface area contributed by atoms with Gasteiger partial charge in [0.25, 0.3) is 5.91 Å². The van der Waals surface area contributed by atoms with Crippen LogP contribution in [0.1, 0.15) is 10.4 Å². The summed E-state index contributed by atoms with van der Waals surface area (Å²) in [6.07, 6.45) is 0. The summed E-state index contributed by atoms with van der Waals surface area (Å²) in [5.74, 6) is -8.01. The Kier molecular flexibility index (Phi) is 3.69. The molecule has 0 aliphatic heterocycles. The van der Waals surface area contributed by atoms with Crippen molar-refractivity contribution in [2.75, 3.05) is 5.32 Å². The molecule has 2 aromatic carbocycles. The highest BCUT2D eigenvalue weighted by Crippen LogP contribution is 2.19. The van der Waals surface area contributed by atoms with E-state index in [1.807, 2.05) is 5.32 Å². The van der Waals surface area contributed by atoms with Crippen LogP contribution in [0.2, 0.25) is 0 Å². The van der Waals surface area contributed by atoms with Gasteiger partial charge in [0.1, 0.15) is 11.6 Å². The summed E-state index contributed by atoms with van der Waals surface area (Å²) >= 11 is 0.